The Morgan fingerprint density at radius 1 is 1.10 bits per heavy atom. The highest BCUT2D eigenvalue weighted by Crippen LogP contribution is 2.26. The van der Waals surface area contributed by atoms with E-state index in [9.17, 15) is 13.2 Å². The normalized spacial score (nSPS) is 16.3. The Morgan fingerprint density at radius 2 is 1.79 bits per heavy atom. The van der Waals surface area contributed by atoms with E-state index in [1.54, 1.807) is 19.2 Å². The van der Waals surface area contributed by atoms with Gasteiger partial charge in [0.15, 0.2) is 5.78 Å². The van der Waals surface area contributed by atoms with Crippen molar-refractivity contribution in [2.75, 3.05) is 26.7 Å². The van der Waals surface area contributed by atoms with Crippen molar-refractivity contribution in [3.8, 4) is 5.75 Å². The van der Waals surface area contributed by atoms with Gasteiger partial charge in [0.2, 0.25) is 10.0 Å². The number of carbonyl (C=O) groups is 1. The summed E-state index contributed by atoms with van der Waals surface area (Å²) in [5.41, 5.74) is 1.43. The van der Waals surface area contributed by atoms with Crippen LogP contribution in [0.1, 0.15) is 48.1 Å². The smallest absolute Gasteiger partial charge is 0.240 e. The summed E-state index contributed by atoms with van der Waals surface area (Å²) in [6.07, 6.45) is 3.43. The average Bonchev–Trinajstić information content (AvgIpc) is 2.75. The fraction of sp³-hybridized carbons (Fsp3) is 0.409. The van der Waals surface area contributed by atoms with Crippen LogP contribution in [-0.4, -0.2) is 45.8 Å². The van der Waals surface area contributed by atoms with Crippen molar-refractivity contribution in [3.05, 3.63) is 59.7 Å². The number of methoxy groups -OCH3 is 1. The minimum atomic E-state index is -3.72. The first-order valence-corrected chi connectivity index (χ1v) is 11.4. The van der Waals surface area contributed by atoms with E-state index in [0.29, 0.717) is 5.56 Å². The standard InChI is InChI=1S/C22H28N2O4S/c1-17(25)19-7-6-8-21(15-19)29(26,27)23-16-22(24-13-4-3-5-14-24)18-9-11-20(28-2)12-10-18/h6-12,15,22-23H,3-5,13-14,16H2,1-2H3. The quantitative estimate of drug-likeness (QED) is 0.668. The molecular formula is C22H28N2O4S. The number of ether oxygens (including phenoxy) is 1. The number of carbonyl (C=O) groups excluding carboxylic acids is 1. The average molecular weight is 417 g/mol. The fourth-order valence-electron chi connectivity index (χ4n) is 3.67. The van der Waals surface area contributed by atoms with Gasteiger partial charge in [0.05, 0.1) is 12.0 Å². The first-order valence-electron chi connectivity index (χ1n) is 9.89. The predicted molar refractivity (Wildman–Crippen MR) is 113 cm³/mol. The highest BCUT2D eigenvalue weighted by Gasteiger charge is 2.25. The Balaban J connectivity index is 1.81. The Kier molecular flexibility index (Phi) is 7.05. The van der Waals surface area contributed by atoms with Crippen molar-refractivity contribution in [1.29, 1.82) is 0 Å². The van der Waals surface area contributed by atoms with Crippen LogP contribution in [0.25, 0.3) is 0 Å². The molecule has 1 heterocycles. The summed E-state index contributed by atoms with van der Waals surface area (Å²) in [5, 5.41) is 0. The lowest BCUT2D eigenvalue weighted by molar-refractivity contribution is 0.101. The molecule has 0 bridgehead atoms. The molecule has 0 saturated carbocycles. The second-order valence-corrected chi connectivity index (χ2v) is 9.09. The first kappa shape index (κ1) is 21.5. The van der Waals surface area contributed by atoms with E-state index in [1.807, 2.05) is 24.3 Å². The van der Waals surface area contributed by atoms with Crippen LogP contribution >= 0.6 is 0 Å². The molecule has 1 atom stereocenters. The second-order valence-electron chi connectivity index (χ2n) is 7.32. The van der Waals surface area contributed by atoms with Gasteiger partial charge in [0, 0.05) is 18.2 Å². The molecule has 7 heteroatoms. The molecule has 1 fully saturated rings. The van der Waals surface area contributed by atoms with Gasteiger partial charge in [0.1, 0.15) is 5.75 Å². The van der Waals surface area contributed by atoms with E-state index in [-0.39, 0.29) is 23.3 Å². The van der Waals surface area contributed by atoms with Gasteiger partial charge in [-0.2, -0.15) is 0 Å². The Morgan fingerprint density at radius 3 is 2.41 bits per heavy atom. The Hall–Kier alpha value is -2.22. The van der Waals surface area contributed by atoms with Crippen molar-refractivity contribution < 1.29 is 17.9 Å². The van der Waals surface area contributed by atoms with Crippen LogP contribution in [0.5, 0.6) is 5.75 Å². The molecule has 1 aliphatic rings. The number of benzene rings is 2. The number of piperidine rings is 1. The largest absolute Gasteiger partial charge is 0.497 e. The molecule has 3 rings (SSSR count). The number of ketones is 1. The third-order valence-corrected chi connectivity index (χ3v) is 6.77. The number of nitrogens with zero attached hydrogens (tertiary/aromatic N) is 1. The number of nitrogens with one attached hydrogen (secondary N) is 1. The molecule has 6 nitrogen and oxygen atoms in total. The van der Waals surface area contributed by atoms with Gasteiger partial charge in [-0.1, -0.05) is 30.7 Å². The van der Waals surface area contributed by atoms with Gasteiger partial charge in [0.25, 0.3) is 0 Å². The zero-order chi connectivity index (χ0) is 20.9. The SMILES string of the molecule is COc1ccc(C(CNS(=O)(=O)c2cccc(C(C)=O)c2)N2CCCCC2)cc1. The number of hydrogen-bond donors (Lipinski definition) is 1. The molecular weight excluding hydrogens is 388 g/mol. The highest BCUT2D eigenvalue weighted by atomic mass is 32.2. The summed E-state index contributed by atoms with van der Waals surface area (Å²) in [7, 11) is -2.10. The molecule has 0 radical (unpaired) electrons. The molecule has 2 aromatic carbocycles. The van der Waals surface area contributed by atoms with Crippen molar-refractivity contribution in [2.24, 2.45) is 0 Å². The summed E-state index contributed by atoms with van der Waals surface area (Å²) in [4.78, 5) is 14.0. The number of sulfonamides is 1. The van der Waals surface area contributed by atoms with Crippen LogP contribution in [0, 0.1) is 0 Å². The zero-order valence-electron chi connectivity index (χ0n) is 16.9. The molecule has 0 aliphatic carbocycles. The predicted octanol–water partition coefficient (Wildman–Crippen LogP) is 3.40. The van der Waals surface area contributed by atoms with E-state index in [0.717, 1.165) is 37.2 Å². The number of Topliss-reactive ketones (excluding diaryl/α,β-unsaturated/α-hetero) is 1. The molecule has 1 saturated heterocycles. The molecule has 156 valence electrons. The van der Waals surface area contributed by atoms with E-state index < -0.39 is 10.0 Å². The van der Waals surface area contributed by atoms with E-state index in [1.165, 1.54) is 25.5 Å². The number of rotatable bonds is 8. The summed E-state index contributed by atoms with van der Waals surface area (Å²) in [6.45, 7) is 3.57. The third-order valence-electron chi connectivity index (χ3n) is 5.35. The molecule has 1 aliphatic heterocycles. The van der Waals surface area contributed by atoms with Crippen LogP contribution in [0.15, 0.2) is 53.4 Å². The Bertz CT molecular complexity index is 936. The zero-order valence-corrected chi connectivity index (χ0v) is 17.7. The van der Waals surface area contributed by atoms with Gasteiger partial charge < -0.3 is 4.74 Å². The van der Waals surface area contributed by atoms with E-state index in [2.05, 4.69) is 9.62 Å². The lowest BCUT2D eigenvalue weighted by Gasteiger charge is -2.35. The molecule has 0 aromatic heterocycles. The van der Waals surface area contributed by atoms with Gasteiger partial charge in [-0.3, -0.25) is 9.69 Å². The van der Waals surface area contributed by atoms with Crippen molar-refractivity contribution in [2.45, 2.75) is 37.1 Å². The summed E-state index contributed by atoms with van der Waals surface area (Å²) in [6, 6.07) is 13.9. The van der Waals surface area contributed by atoms with Crippen molar-refractivity contribution in [1.82, 2.24) is 9.62 Å². The monoisotopic (exact) mass is 416 g/mol. The van der Waals surface area contributed by atoms with Crippen LogP contribution in [-0.2, 0) is 10.0 Å². The van der Waals surface area contributed by atoms with Crippen LogP contribution in [0.2, 0.25) is 0 Å². The van der Waals surface area contributed by atoms with Gasteiger partial charge >= 0.3 is 0 Å². The van der Waals surface area contributed by atoms with Gasteiger partial charge in [-0.05, 0) is 62.7 Å². The lowest BCUT2D eigenvalue weighted by Crippen LogP contribution is -2.40. The second kappa shape index (κ2) is 9.52. The van der Waals surface area contributed by atoms with Gasteiger partial charge in [-0.25, -0.2) is 13.1 Å². The topological polar surface area (TPSA) is 75.7 Å². The molecule has 29 heavy (non-hydrogen) atoms. The Labute approximate surface area is 172 Å². The highest BCUT2D eigenvalue weighted by molar-refractivity contribution is 7.89. The summed E-state index contributed by atoms with van der Waals surface area (Å²) < 4.78 is 33.7. The van der Waals surface area contributed by atoms with Gasteiger partial charge in [-0.15, -0.1) is 0 Å². The van der Waals surface area contributed by atoms with Crippen molar-refractivity contribution in [3.63, 3.8) is 0 Å². The lowest BCUT2D eigenvalue weighted by atomic mass is 10.0. The van der Waals surface area contributed by atoms with Crippen LogP contribution < -0.4 is 9.46 Å². The molecule has 1 N–H and O–H groups in total. The number of likely N-dealkylation sites (tertiary alicyclic amines) is 1. The maximum Gasteiger partial charge on any atom is 0.240 e. The third kappa shape index (κ3) is 5.44. The molecule has 0 spiro atoms. The molecule has 0 amide bonds. The summed E-state index contributed by atoms with van der Waals surface area (Å²) >= 11 is 0. The minimum Gasteiger partial charge on any atom is -0.497 e. The maximum absolute atomic E-state index is 12.9. The molecule has 2 aromatic rings. The maximum atomic E-state index is 12.9. The van der Waals surface area contributed by atoms with E-state index in [4.69, 9.17) is 4.74 Å². The van der Waals surface area contributed by atoms with Crippen molar-refractivity contribution >= 4 is 15.8 Å². The minimum absolute atomic E-state index is 0.0630. The van der Waals surface area contributed by atoms with E-state index >= 15 is 0 Å². The molecule has 1 unspecified atom stereocenters. The van der Waals surface area contributed by atoms with Crippen LogP contribution in [0.4, 0.5) is 0 Å². The fourth-order valence-corrected chi connectivity index (χ4v) is 4.75. The first-order chi connectivity index (χ1) is 13.9. The van der Waals surface area contributed by atoms with Crippen LogP contribution in [0.3, 0.4) is 0 Å². The number of hydrogen-bond acceptors (Lipinski definition) is 5. The summed E-state index contributed by atoms with van der Waals surface area (Å²) in [5.74, 6) is 0.610.